The molecule has 0 aromatic carbocycles. The van der Waals surface area contributed by atoms with E-state index in [9.17, 15) is 0 Å². The van der Waals surface area contributed by atoms with Gasteiger partial charge < -0.3 is 4.90 Å². The second-order valence-electron chi connectivity index (χ2n) is 1.44. The maximum Gasteiger partial charge on any atom is 0.0862 e. The van der Waals surface area contributed by atoms with Crippen molar-refractivity contribution in [3.05, 3.63) is 12.3 Å². The van der Waals surface area contributed by atoms with Crippen molar-refractivity contribution in [2.75, 3.05) is 6.54 Å². The Morgan fingerprint density at radius 1 is 1.86 bits per heavy atom. The molecule has 2 heteroatoms. The molecule has 1 heterocycles. The molecule has 0 fully saturated rings. The van der Waals surface area contributed by atoms with Gasteiger partial charge in [0.2, 0.25) is 0 Å². The van der Waals surface area contributed by atoms with E-state index in [1.807, 2.05) is 6.08 Å². The minimum Gasteiger partial charge on any atom is -0.331 e. The third-order valence-electron chi connectivity index (χ3n) is 0.927. The summed E-state index contributed by atoms with van der Waals surface area (Å²) in [6.45, 7) is 0.934. The van der Waals surface area contributed by atoms with E-state index in [-0.39, 0.29) is 0 Å². The Balaban J connectivity index is 2.42. The topological polar surface area (TPSA) is 27.1 Å². The largest absolute Gasteiger partial charge is 0.331 e. The number of nitrogens with zero attached hydrogens (tertiary/aromatic N) is 1. The molecule has 1 aliphatic rings. The molecule has 1 aliphatic heterocycles. The minimum absolute atomic E-state index is 0.934. The van der Waals surface area contributed by atoms with Crippen molar-refractivity contribution in [3.63, 3.8) is 0 Å². The van der Waals surface area contributed by atoms with E-state index in [0.717, 1.165) is 13.0 Å². The highest BCUT2D eigenvalue weighted by atomic mass is 15.1. The van der Waals surface area contributed by atoms with Crippen molar-refractivity contribution < 1.29 is 0 Å². The van der Waals surface area contributed by atoms with Crippen LogP contribution in [-0.2, 0) is 0 Å². The fourth-order valence-electron chi connectivity index (χ4n) is 0.552. The second kappa shape index (κ2) is 1.78. The number of rotatable bonds is 1. The van der Waals surface area contributed by atoms with E-state index in [1.54, 1.807) is 4.90 Å². The minimum atomic E-state index is 0.934. The van der Waals surface area contributed by atoms with E-state index >= 15 is 0 Å². The van der Waals surface area contributed by atoms with E-state index in [2.05, 4.69) is 6.20 Å². The van der Waals surface area contributed by atoms with Crippen molar-refractivity contribution in [3.8, 4) is 0 Å². The molecule has 0 unspecified atom stereocenters. The Hall–Kier alpha value is -0.790. The Bertz CT molecular complexity index is 96.3. The summed E-state index contributed by atoms with van der Waals surface area (Å²) in [4.78, 5) is 1.72. The van der Waals surface area contributed by atoms with Crippen LogP contribution >= 0.6 is 0 Å². The lowest BCUT2D eigenvalue weighted by Crippen LogP contribution is -2.10. The monoisotopic (exact) mass is 95.1 g/mol. The van der Waals surface area contributed by atoms with Crippen molar-refractivity contribution in [2.24, 2.45) is 0 Å². The summed E-state index contributed by atoms with van der Waals surface area (Å²) in [5, 5.41) is 6.72. The molecule has 1 rings (SSSR count). The summed E-state index contributed by atoms with van der Waals surface area (Å²) in [7, 11) is 0. The fourth-order valence-corrected chi connectivity index (χ4v) is 0.552. The van der Waals surface area contributed by atoms with Gasteiger partial charge in [0.1, 0.15) is 0 Å². The van der Waals surface area contributed by atoms with Gasteiger partial charge in [-0.25, -0.2) is 0 Å². The summed E-state index contributed by atoms with van der Waals surface area (Å²) in [5.74, 6) is 0. The first-order chi connectivity index (χ1) is 3.43. The normalized spacial score (nSPS) is 18.0. The summed E-state index contributed by atoms with van der Waals surface area (Å²) in [6, 6.07) is 0. The predicted octanol–water partition coefficient (Wildman–Crippen LogP) is 0.616. The Labute approximate surface area is 42.9 Å². The molecule has 0 aromatic heterocycles. The molecule has 0 spiro atoms. The summed E-state index contributed by atoms with van der Waals surface area (Å²) < 4.78 is 0. The average molecular weight is 95.1 g/mol. The third-order valence-corrected chi connectivity index (χ3v) is 0.927. The van der Waals surface area contributed by atoms with Crippen molar-refractivity contribution in [1.82, 2.24) is 4.90 Å². The van der Waals surface area contributed by atoms with Crippen molar-refractivity contribution in [1.29, 1.82) is 5.41 Å². The highest BCUT2D eigenvalue weighted by molar-refractivity contribution is 5.51. The molecule has 7 heavy (non-hydrogen) atoms. The van der Waals surface area contributed by atoms with Crippen LogP contribution in [0, 0.1) is 11.6 Å². The van der Waals surface area contributed by atoms with Gasteiger partial charge in [0, 0.05) is 6.54 Å². The van der Waals surface area contributed by atoms with Crippen LogP contribution < -0.4 is 0 Å². The maximum absolute atomic E-state index is 6.72. The first-order valence-electron chi connectivity index (χ1n) is 2.28. The molecular formula is C5H7N2. The fraction of sp³-hybridized carbons (Fsp3) is 0.400. The van der Waals surface area contributed by atoms with E-state index < -0.39 is 0 Å². The molecular weight excluding hydrogens is 88.1 g/mol. The Morgan fingerprint density at radius 2 is 2.71 bits per heavy atom. The van der Waals surface area contributed by atoms with Crippen LogP contribution in [0.4, 0.5) is 0 Å². The first kappa shape index (κ1) is 4.37. The van der Waals surface area contributed by atoms with Gasteiger partial charge >= 0.3 is 0 Å². The van der Waals surface area contributed by atoms with E-state index in [4.69, 9.17) is 5.41 Å². The molecule has 0 saturated heterocycles. The Kier molecular flexibility index (Phi) is 1.11. The second-order valence-corrected chi connectivity index (χ2v) is 1.44. The number of nitrogens with one attached hydrogen (secondary N) is 1. The van der Waals surface area contributed by atoms with Gasteiger partial charge in [-0.1, -0.05) is 6.08 Å². The molecule has 0 saturated carbocycles. The third kappa shape index (κ3) is 0.796. The molecule has 0 aromatic rings. The van der Waals surface area contributed by atoms with Crippen LogP contribution in [0.15, 0.2) is 6.08 Å². The lowest BCUT2D eigenvalue weighted by atomic mass is 10.5. The summed E-state index contributed by atoms with van der Waals surface area (Å²) >= 11 is 0. The lowest BCUT2D eigenvalue weighted by molar-refractivity contribution is 0.597. The van der Waals surface area contributed by atoms with Gasteiger partial charge in [-0.3, -0.25) is 5.41 Å². The zero-order valence-electron chi connectivity index (χ0n) is 4.02. The zero-order valence-corrected chi connectivity index (χ0v) is 4.02. The van der Waals surface area contributed by atoms with Crippen LogP contribution in [0.1, 0.15) is 6.42 Å². The number of hydrogen-bond donors (Lipinski definition) is 1. The van der Waals surface area contributed by atoms with E-state index in [0.29, 0.717) is 0 Å². The van der Waals surface area contributed by atoms with Gasteiger partial charge in [-0.2, -0.15) is 0 Å². The van der Waals surface area contributed by atoms with E-state index in [1.165, 1.54) is 6.34 Å². The summed E-state index contributed by atoms with van der Waals surface area (Å²) in [5.41, 5.74) is 0. The highest BCUT2D eigenvalue weighted by Crippen LogP contribution is 1.97. The SMILES string of the molecule is N=CN1[C]=CCC1. The molecule has 0 bridgehead atoms. The van der Waals surface area contributed by atoms with Crippen LogP contribution in [0.3, 0.4) is 0 Å². The quantitative estimate of drug-likeness (QED) is 0.375. The van der Waals surface area contributed by atoms with Gasteiger partial charge in [-0.15, -0.1) is 0 Å². The average Bonchev–Trinajstić information content (AvgIpc) is 2.14. The number of hydrogen-bond acceptors (Lipinski definition) is 1. The van der Waals surface area contributed by atoms with Crippen LogP contribution in [-0.4, -0.2) is 17.8 Å². The lowest BCUT2D eigenvalue weighted by Gasteiger charge is -2.01. The van der Waals surface area contributed by atoms with Gasteiger partial charge in [0.25, 0.3) is 0 Å². The smallest absolute Gasteiger partial charge is 0.0862 e. The predicted molar refractivity (Wildman–Crippen MR) is 27.9 cm³/mol. The maximum atomic E-state index is 6.72. The van der Waals surface area contributed by atoms with Crippen molar-refractivity contribution in [2.45, 2.75) is 6.42 Å². The van der Waals surface area contributed by atoms with Crippen LogP contribution in [0.25, 0.3) is 0 Å². The van der Waals surface area contributed by atoms with Crippen LogP contribution in [0.5, 0.6) is 0 Å². The molecule has 2 nitrogen and oxygen atoms in total. The molecule has 0 amide bonds. The Morgan fingerprint density at radius 3 is 3.00 bits per heavy atom. The van der Waals surface area contributed by atoms with Crippen LogP contribution in [0.2, 0.25) is 0 Å². The van der Waals surface area contributed by atoms with Gasteiger partial charge in [0.05, 0.1) is 12.5 Å². The molecule has 1 radical (unpaired) electrons. The molecule has 37 valence electrons. The molecule has 0 aliphatic carbocycles. The van der Waals surface area contributed by atoms with Crippen molar-refractivity contribution >= 4 is 6.34 Å². The highest BCUT2D eigenvalue weighted by Gasteiger charge is 1.97. The zero-order chi connectivity index (χ0) is 5.11. The summed E-state index contributed by atoms with van der Waals surface area (Å²) in [6.07, 6.45) is 7.13. The molecule has 1 N–H and O–H groups in total. The van der Waals surface area contributed by atoms with Gasteiger partial charge in [0.15, 0.2) is 0 Å². The standard InChI is InChI=1S/C5H7N2/c6-5-7-3-1-2-4-7/h1,5-6H,2,4H2. The molecule has 0 atom stereocenters. The van der Waals surface area contributed by atoms with Gasteiger partial charge in [-0.05, 0) is 6.42 Å². The first-order valence-corrected chi connectivity index (χ1v) is 2.28.